The van der Waals surface area contributed by atoms with Gasteiger partial charge in [-0.2, -0.15) is 0 Å². The van der Waals surface area contributed by atoms with E-state index in [2.05, 4.69) is 10.6 Å². The molecule has 0 bridgehead atoms. The predicted octanol–water partition coefficient (Wildman–Crippen LogP) is 3.16. The summed E-state index contributed by atoms with van der Waals surface area (Å²) in [5.74, 6) is 1.13. The summed E-state index contributed by atoms with van der Waals surface area (Å²) in [5.41, 5.74) is 2.36. The third-order valence-corrected chi connectivity index (χ3v) is 4.84. The van der Waals surface area contributed by atoms with Crippen LogP contribution in [0.15, 0.2) is 47.1 Å². The second kappa shape index (κ2) is 6.11. The molecule has 2 aliphatic heterocycles. The summed E-state index contributed by atoms with van der Waals surface area (Å²) in [7, 11) is 1.51. The molecule has 0 saturated heterocycles. The van der Waals surface area contributed by atoms with Crippen LogP contribution in [0.1, 0.15) is 18.9 Å². The van der Waals surface area contributed by atoms with Gasteiger partial charge < -0.3 is 25.2 Å². The van der Waals surface area contributed by atoms with Crippen molar-refractivity contribution in [2.24, 2.45) is 0 Å². The van der Waals surface area contributed by atoms with Gasteiger partial charge >= 0.3 is 0 Å². The Labute approximate surface area is 145 Å². The molecule has 0 aromatic heterocycles. The van der Waals surface area contributed by atoms with Crippen LogP contribution in [0, 0.1) is 5.82 Å². The Morgan fingerprint density at radius 1 is 1.28 bits per heavy atom. The Morgan fingerprint density at radius 3 is 2.92 bits per heavy atom. The van der Waals surface area contributed by atoms with E-state index in [9.17, 15) is 9.50 Å². The maximum Gasteiger partial charge on any atom is 0.171 e. The smallest absolute Gasteiger partial charge is 0.171 e. The molecule has 0 unspecified atom stereocenters. The van der Waals surface area contributed by atoms with Crippen molar-refractivity contribution >= 4 is 5.69 Å². The summed E-state index contributed by atoms with van der Waals surface area (Å²) < 4.78 is 26.0. The van der Waals surface area contributed by atoms with Crippen molar-refractivity contribution in [2.45, 2.75) is 31.8 Å². The zero-order valence-electron chi connectivity index (χ0n) is 14.2. The molecule has 25 heavy (non-hydrogen) atoms. The highest BCUT2D eigenvalue weighted by Gasteiger charge is 2.30. The lowest BCUT2D eigenvalue weighted by Gasteiger charge is -2.30. The lowest BCUT2D eigenvalue weighted by Crippen LogP contribution is -2.38. The van der Waals surface area contributed by atoms with Crippen molar-refractivity contribution in [3.8, 4) is 5.75 Å². The van der Waals surface area contributed by atoms with E-state index in [4.69, 9.17) is 9.47 Å². The van der Waals surface area contributed by atoms with Crippen LogP contribution in [0.5, 0.6) is 5.75 Å². The van der Waals surface area contributed by atoms with E-state index in [0.717, 1.165) is 11.3 Å². The van der Waals surface area contributed by atoms with Crippen LogP contribution in [0.2, 0.25) is 0 Å². The first-order valence-electron chi connectivity index (χ1n) is 8.44. The first-order chi connectivity index (χ1) is 12.1. The number of allylic oxidation sites excluding steroid dienone is 1. The molecule has 0 spiro atoms. The van der Waals surface area contributed by atoms with E-state index < -0.39 is 0 Å². The lowest BCUT2D eigenvalue weighted by molar-refractivity contribution is 0.248. The first kappa shape index (κ1) is 16.0. The number of nitrogens with one attached hydrogen (secondary N) is 2. The molecule has 0 amide bonds. The van der Waals surface area contributed by atoms with Crippen molar-refractivity contribution in [1.82, 2.24) is 5.32 Å². The summed E-state index contributed by atoms with van der Waals surface area (Å²) in [4.78, 5) is 0. The molecule has 2 heterocycles. The number of aliphatic hydroxyl groups is 1. The first-order valence-corrected chi connectivity index (χ1v) is 8.44. The number of hydrogen-bond donors (Lipinski definition) is 3. The van der Waals surface area contributed by atoms with Gasteiger partial charge in [-0.1, -0.05) is 0 Å². The van der Waals surface area contributed by atoms with E-state index in [1.807, 2.05) is 19.1 Å². The summed E-state index contributed by atoms with van der Waals surface area (Å²) in [5, 5.41) is 16.5. The van der Waals surface area contributed by atoms with Crippen molar-refractivity contribution < 1.29 is 19.0 Å². The van der Waals surface area contributed by atoms with Gasteiger partial charge in [0, 0.05) is 41.9 Å². The van der Waals surface area contributed by atoms with Gasteiger partial charge in [-0.25, -0.2) is 4.39 Å². The molecule has 1 aromatic rings. The molecule has 2 atom stereocenters. The van der Waals surface area contributed by atoms with Crippen molar-refractivity contribution in [2.75, 3.05) is 19.0 Å². The Morgan fingerprint density at radius 2 is 2.12 bits per heavy atom. The van der Waals surface area contributed by atoms with Crippen LogP contribution in [0.4, 0.5) is 10.1 Å². The van der Waals surface area contributed by atoms with Crippen LogP contribution in [-0.2, 0) is 11.2 Å². The number of halogens is 1. The third kappa shape index (κ3) is 2.76. The van der Waals surface area contributed by atoms with Crippen molar-refractivity contribution in [3.05, 3.63) is 58.5 Å². The standard InChI is InChI=1S/C19H21FN2O3/c1-10-7-12-13(22-10)3-4-17(19(12)20)25-16-5-6-21-14-9-15(23)18(24-2)8-11(14)16/h3-5,8,10,14,21-23H,6-7,9H2,1-2H3/t10-,14-/m0/s1. The monoisotopic (exact) mass is 344 g/mol. The Balaban J connectivity index is 1.65. The fourth-order valence-electron chi connectivity index (χ4n) is 3.60. The predicted molar refractivity (Wildman–Crippen MR) is 93.1 cm³/mol. The second-order valence-corrected chi connectivity index (χ2v) is 6.60. The van der Waals surface area contributed by atoms with E-state index in [-0.39, 0.29) is 29.4 Å². The molecular formula is C19H21FN2O3. The van der Waals surface area contributed by atoms with Crippen LogP contribution in [0.3, 0.4) is 0 Å². The van der Waals surface area contributed by atoms with E-state index in [1.54, 1.807) is 12.1 Å². The van der Waals surface area contributed by atoms with E-state index in [0.29, 0.717) is 36.5 Å². The van der Waals surface area contributed by atoms with Gasteiger partial charge in [0.1, 0.15) is 11.5 Å². The number of aliphatic hydroxyl groups excluding tert-OH is 1. The van der Waals surface area contributed by atoms with Gasteiger partial charge in [-0.3, -0.25) is 0 Å². The molecule has 0 saturated carbocycles. The molecule has 0 radical (unpaired) electrons. The zero-order valence-corrected chi connectivity index (χ0v) is 14.2. The third-order valence-electron chi connectivity index (χ3n) is 4.84. The minimum atomic E-state index is -0.313. The number of rotatable bonds is 3. The molecule has 4 rings (SSSR count). The molecule has 132 valence electrons. The quantitative estimate of drug-likeness (QED) is 0.786. The maximum absolute atomic E-state index is 14.8. The minimum absolute atomic E-state index is 0.0712. The highest BCUT2D eigenvalue weighted by Crippen LogP contribution is 2.36. The van der Waals surface area contributed by atoms with E-state index in [1.165, 1.54) is 7.11 Å². The van der Waals surface area contributed by atoms with Crippen LogP contribution < -0.4 is 15.4 Å². The molecule has 3 N–H and O–H groups in total. The molecular weight excluding hydrogens is 323 g/mol. The maximum atomic E-state index is 14.8. The molecule has 5 nitrogen and oxygen atoms in total. The average molecular weight is 344 g/mol. The van der Waals surface area contributed by atoms with Gasteiger partial charge in [0.05, 0.1) is 7.11 Å². The SMILES string of the molecule is COC1=C(O)C[C@@H]2NCC=C(Oc3ccc4c(c3F)C[C@H](C)N4)C2=C1. The number of benzene rings is 1. The zero-order chi connectivity index (χ0) is 17.6. The second-order valence-electron chi connectivity index (χ2n) is 6.60. The lowest BCUT2D eigenvalue weighted by atomic mass is 9.92. The van der Waals surface area contributed by atoms with Crippen LogP contribution >= 0.6 is 0 Å². The molecule has 1 aromatic carbocycles. The highest BCUT2D eigenvalue weighted by molar-refractivity contribution is 5.60. The molecule has 0 fully saturated rings. The molecule has 3 aliphatic rings. The number of fused-ring (bicyclic) bond motifs is 2. The van der Waals surface area contributed by atoms with Crippen molar-refractivity contribution in [3.63, 3.8) is 0 Å². The summed E-state index contributed by atoms with van der Waals surface area (Å²) in [6.07, 6.45) is 4.69. The number of hydrogen-bond acceptors (Lipinski definition) is 5. The van der Waals surface area contributed by atoms with Crippen LogP contribution in [0.25, 0.3) is 0 Å². The highest BCUT2D eigenvalue weighted by atomic mass is 19.1. The number of methoxy groups -OCH3 is 1. The summed E-state index contributed by atoms with van der Waals surface area (Å²) >= 11 is 0. The minimum Gasteiger partial charge on any atom is -0.508 e. The van der Waals surface area contributed by atoms with Gasteiger partial charge in [-0.15, -0.1) is 0 Å². The fraction of sp³-hybridized carbons (Fsp3) is 0.368. The van der Waals surface area contributed by atoms with Gasteiger partial charge in [0.2, 0.25) is 0 Å². The van der Waals surface area contributed by atoms with Gasteiger partial charge in [0.15, 0.2) is 17.3 Å². The Bertz CT molecular complexity index is 813. The van der Waals surface area contributed by atoms with Gasteiger partial charge in [0.25, 0.3) is 0 Å². The normalized spacial score (nSPS) is 24.8. The summed E-state index contributed by atoms with van der Waals surface area (Å²) in [6, 6.07) is 3.67. The number of anilines is 1. The van der Waals surface area contributed by atoms with Crippen LogP contribution in [-0.4, -0.2) is 30.8 Å². The topological polar surface area (TPSA) is 62.8 Å². The summed E-state index contributed by atoms with van der Waals surface area (Å²) in [6.45, 7) is 2.62. The molecule has 6 heteroatoms. The van der Waals surface area contributed by atoms with E-state index >= 15 is 0 Å². The number of ether oxygens (including phenoxy) is 2. The average Bonchev–Trinajstić information content (AvgIpc) is 2.98. The largest absolute Gasteiger partial charge is 0.508 e. The Kier molecular flexibility index (Phi) is 3.92. The Hall–Kier alpha value is -2.47. The van der Waals surface area contributed by atoms with Gasteiger partial charge in [-0.05, 0) is 37.6 Å². The van der Waals surface area contributed by atoms with Crippen molar-refractivity contribution in [1.29, 1.82) is 0 Å². The molecule has 1 aliphatic carbocycles. The fourth-order valence-corrected chi connectivity index (χ4v) is 3.60.